The number of hydrogen-bond donors (Lipinski definition) is 1. The van der Waals surface area contributed by atoms with Gasteiger partial charge in [0, 0.05) is 30.0 Å². The number of β-lactam (4-membered cyclic amide) rings is 1. The lowest BCUT2D eigenvalue weighted by molar-refractivity contribution is -0.385. The summed E-state index contributed by atoms with van der Waals surface area (Å²) in [6, 6.07) is 9.93. The van der Waals surface area contributed by atoms with Crippen molar-refractivity contribution in [2.45, 2.75) is 24.6 Å². The Morgan fingerprint density at radius 1 is 0.917 bits per heavy atom. The molecule has 1 unspecified atom stereocenters. The first kappa shape index (κ1) is 24.8. The summed E-state index contributed by atoms with van der Waals surface area (Å²) in [5, 5.41) is 21.0. The van der Waals surface area contributed by atoms with E-state index in [-0.39, 0.29) is 41.6 Å². The second-order valence-corrected chi connectivity index (χ2v) is 8.87. The van der Waals surface area contributed by atoms with Gasteiger partial charge in [0.15, 0.2) is 0 Å². The number of amides is 1. The maximum Gasteiger partial charge on any atom is 0.356 e. The molecule has 0 spiro atoms. The normalized spacial score (nSPS) is 18.7. The van der Waals surface area contributed by atoms with E-state index in [1.807, 2.05) is 0 Å². The second kappa shape index (κ2) is 10.1. The van der Waals surface area contributed by atoms with Crippen LogP contribution in [0.5, 0.6) is 0 Å². The smallest absolute Gasteiger partial charge is 0.356 e. The van der Waals surface area contributed by atoms with Crippen molar-refractivity contribution in [1.29, 1.82) is 0 Å². The lowest BCUT2D eigenvalue weighted by Crippen LogP contribution is -2.68. The van der Waals surface area contributed by atoms with Crippen LogP contribution < -0.4 is 5.73 Å². The van der Waals surface area contributed by atoms with Crippen molar-refractivity contribution in [2.75, 3.05) is 5.75 Å². The van der Waals surface area contributed by atoms with E-state index >= 15 is 0 Å². The number of ether oxygens (including phenoxy) is 2. The van der Waals surface area contributed by atoms with Gasteiger partial charge in [0.2, 0.25) is 5.91 Å². The summed E-state index contributed by atoms with van der Waals surface area (Å²) in [4.78, 5) is 59.8. The van der Waals surface area contributed by atoms with Crippen molar-refractivity contribution in [1.82, 2.24) is 4.90 Å². The minimum atomic E-state index is -0.943. The zero-order valence-electron chi connectivity index (χ0n) is 18.4. The number of nitro benzene ring substituents is 2. The lowest BCUT2D eigenvalue weighted by atomic mass is 10.0. The number of hydrogen-bond acceptors (Lipinski definition) is 11. The maximum absolute atomic E-state index is 13.0. The molecular formula is C22H18N4O9S. The molecular weight excluding hydrogens is 496 g/mol. The topological polar surface area (TPSA) is 185 Å². The average Bonchev–Trinajstić information content (AvgIpc) is 2.89. The summed E-state index contributed by atoms with van der Waals surface area (Å²) in [5.41, 5.74) is 6.19. The van der Waals surface area contributed by atoms with Gasteiger partial charge in [-0.25, -0.2) is 9.59 Å². The van der Waals surface area contributed by atoms with Crippen LogP contribution in [0, 0.1) is 20.2 Å². The number of nitrogens with zero attached hydrogens (tertiary/aromatic N) is 3. The van der Waals surface area contributed by atoms with E-state index in [0.29, 0.717) is 11.1 Å². The van der Waals surface area contributed by atoms with Crippen LogP contribution >= 0.6 is 11.8 Å². The minimum absolute atomic E-state index is 0.0448. The van der Waals surface area contributed by atoms with E-state index in [0.717, 1.165) is 4.90 Å². The third-order valence-electron chi connectivity index (χ3n) is 5.48. The largest absolute Gasteiger partial charge is 0.457 e. The molecule has 2 aliphatic rings. The first-order chi connectivity index (χ1) is 17.2. The maximum atomic E-state index is 13.0. The number of rotatable bonds is 8. The highest BCUT2D eigenvalue weighted by Gasteiger charge is 2.53. The van der Waals surface area contributed by atoms with E-state index in [2.05, 4.69) is 0 Å². The van der Waals surface area contributed by atoms with Gasteiger partial charge in [0.1, 0.15) is 30.3 Å². The van der Waals surface area contributed by atoms with Crippen LogP contribution in [0.3, 0.4) is 0 Å². The van der Waals surface area contributed by atoms with Crippen molar-refractivity contribution < 1.29 is 33.7 Å². The Bertz CT molecular complexity index is 1280. The van der Waals surface area contributed by atoms with Gasteiger partial charge in [0.25, 0.3) is 11.4 Å². The number of fused-ring (bicyclic) bond motifs is 1. The molecule has 2 aromatic rings. The fourth-order valence-corrected chi connectivity index (χ4v) is 4.82. The molecule has 2 heterocycles. The van der Waals surface area contributed by atoms with Crippen LogP contribution in [0.2, 0.25) is 0 Å². The van der Waals surface area contributed by atoms with Crippen molar-refractivity contribution in [3.8, 4) is 0 Å². The molecule has 14 heteroatoms. The highest BCUT2D eigenvalue weighted by atomic mass is 32.2. The summed E-state index contributed by atoms with van der Waals surface area (Å²) >= 11 is 1.20. The summed E-state index contributed by atoms with van der Waals surface area (Å²) in [7, 11) is 0. The molecule has 1 saturated heterocycles. The number of carbonyl (C=O) groups excluding carboxylic acids is 3. The summed E-state index contributed by atoms with van der Waals surface area (Å²) in [6.45, 7) is -0.468. The minimum Gasteiger partial charge on any atom is -0.457 e. The number of nitrogens with two attached hydrogens (primary N) is 1. The Hall–Kier alpha value is -4.30. The molecule has 13 nitrogen and oxygen atoms in total. The molecule has 1 amide bonds. The Kier molecular flexibility index (Phi) is 6.98. The van der Waals surface area contributed by atoms with E-state index in [1.54, 1.807) is 0 Å². The highest BCUT2D eigenvalue weighted by Crippen LogP contribution is 2.40. The predicted octanol–water partition coefficient (Wildman–Crippen LogP) is 1.79. The van der Waals surface area contributed by atoms with Crippen LogP contribution in [0.25, 0.3) is 0 Å². The first-order valence-corrected chi connectivity index (χ1v) is 11.5. The standard InChI is InChI=1S/C22H18N4O9S/c23-17-19(27)24-18(22(29)35-10-13-3-7-15(8-4-13)26(32)33)16(11-36-20(17)24)21(28)34-9-12-1-5-14(6-2-12)25(30)31/h1-8,17,20H,9-11,23H2/t17?,20-/m0/s1. The van der Waals surface area contributed by atoms with Gasteiger partial charge in [-0.2, -0.15) is 0 Å². The van der Waals surface area contributed by atoms with Crippen LogP contribution in [-0.4, -0.2) is 49.8 Å². The molecule has 0 bridgehead atoms. The molecule has 2 aromatic carbocycles. The van der Waals surface area contributed by atoms with Gasteiger partial charge >= 0.3 is 11.9 Å². The van der Waals surface area contributed by atoms with Gasteiger partial charge in [-0.15, -0.1) is 11.8 Å². The highest BCUT2D eigenvalue weighted by molar-refractivity contribution is 8.00. The van der Waals surface area contributed by atoms with Gasteiger partial charge < -0.3 is 15.2 Å². The van der Waals surface area contributed by atoms with Gasteiger partial charge in [-0.05, 0) is 35.4 Å². The fourth-order valence-electron chi connectivity index (χ4n) is 3.54. The molecule has 2 aliphatic heterocycles. The quantitative estimate of drug-likeness (QED) is 0.234. The van der Waals surface area contributed by atoms with E-state index in [9.17, 15) is 34.6 Å². The molecule has 0 aromatic heterocycles. The van der Waals surface area contributed by atoms with E-state index in [4.69, 9.17) is 15.2 Å². The SMILES string of the molecule is NC1C(=O)N2C(C(=O)OCc3ccc([N+](=O)[O-])cc3)=C(C(=O)OCc3ccc([N+](=O)[O-])cc3)CS[C@@H]12. The summed E-state index contributed by atoms with van der Waals surface area (Å²) in [5.74, 6) is -2.30. The fraction of sp³-hybridized carbons (Fsp3) is 0.227. The number of non-ortho nitro benzene ring substituents is 2. The third-order valence-corrected chi connectivity index (χ3v) is 6.78. The van der Waals surface area contributed by atoms with Crippen molar-refractivity contribution in [3.63, 3.8) is 0 Å². The Labute approximate surface area is 207 Å². The molecule has 2 atom stereocenters. The van der Waals surface area contributed by atoms with Gasteiger partial charge in [-0.1, -0.05) is 0 Å². The molecule has 36 heavy (non-hydrogen) atoms. The van der Waals surface area contributed by atoms with Crippen molar-refractivity contribution >= 4 is 41.0 Å². The molecule has 2 N–H and O–H groups in total. The van der Waals surface area contributed by atoms with E-state index in [1.165, 1.54) is 60.3 Å². The van der Waals surface area contributed by atoms with Gasteiger partial charge in [0.05, 0.1) is 15.4 Å². The monoisotopic (exact) mass is 514 g/mol. The average molecular weight is 514 g/mol. The Morgan fingerprint density at radius 2 is 1.39 bits per heavy atom. The lowest BCUT2D eigenvalue weighted by Gasteiger charge is -2.47. The van der Waals surface area contributed by atoms with Crippen molar-refractivity contribution in [2.24, 2.45) is 5.73 Å². The number of carbonyl (C=O) groups is 3. The molecule has 0 saturated carbocycles. The summed E-state index contributed by atoms with van der Waals surface area (Å²) < 4.78 is 10.6. The van der Waals surface area contributed by atoms with E-state index < -0.39 is 39.1 Å². The number of esters is 2. The predicted molar refractivity (Wildman–Crippen MR) is 124 cm³/mol. The molecule has 0 radical (unpaired) electrons. The molecule has 186 valence electrons. The third kappa shape index (κ3) is 4.89. The Balaban J connectivity index is 1.50. The molecule has 4 rings (SSSR count). The first-order valence-electron chi connectivity index (χ1n) is 10.4. The molecule has 0 aliphatic carbocycles. The van der Waals surface area contributed by atoms with Crippen LogP contribution in [0.4, 0.5) is 11.4 Å². The van der Waals surface area contributed by atoms with Crippen LogP contribution in [-0.2, 0) is 37.1 Å². The zero-order valence-corrected chi connectivity index (χ0v) is 19.2. The zero-order chi connectivity index (χ0) is 26.0. The molecule has 1 fully saturated rings. The Morgan fingerprint density at radius 3 is 1.86 bits per heavy atom. The van der Waals surface area contributed by atoms with Crippen LogP contribution in [0.15, 0.2) is 59.8 Å². The number of thioether (sulfide) groups is 1. The van der Waals surface area contributed by atoms with Gasteiger partial charge in [-0.3, -0.25) is 29.9 Å². The summed E-state index contributed by atoms with van der Waals surface area (Å²) in [6.07, 6.45) is 0. The second-order valence-electron chi connectivity index (χ2n) is 7.76. The number of nitro groups is 2. The van der Waals surface area contributed by atoms with Crippen molar-refractivity contribution in [3.05, 3.63) is 91.2 Å². The number of benzene rings is 2. The van der Waals surface area contributed by atoms with Crippen LogP contribution in [0.1, 0.15) is 11.1 Å².